The normalized spacial score (nSPS) is 12.0. The van der Waals surface area contributed by atoms with Gasteiger partial charge in [-0.1, -0.05) is 17.7 Å². The molecule has 1 atom stereocenters. The topological polar surface area (TPSA) is 55.8 Å². The van der Waals surface area contributed by atoms with Crippen LogP contribution in [0.3, 0.4) is 0 Å². The number of aliphatic hydroxyl groups is 1. The summed E-state index contributed by atoms with van der Waals surface area (Å²) in [6, 6.07) is 5.44. The van der Waals surface area contributed by atoms with Gasteiger partial charge in [0.2, 0.25) is 0 Å². The Morgan fingerprint density at radius 3 is 2.76 bits per heavy atom. The van der Waals surface area contributed by atoms with Gasteiger partial charge in [-0.05, 0) is 26.8 Å². The predicted octanol–water partition coefficient (Wildman–Crippen LogP) is 1.82. The first-order valence-electron chi connectivity index (χ1n) is 5.62. The molecule has 0 aliphatic rings. The van der Waals surface area contributed by atoms with Crippen molar-refractivity contribution < 1.29 is 19.4 Å². The van der Waals surface area contributed by atoms with Gasteiger partial charge in [0.05, 0.1) is 13.2 Å². The zero-order valence-corrected chi connectivity index (χ0v) is 10.4. The SMILES string of the molecule is CCOC(=O)C(C)Oc1ccc(C)cc1CO. The molecule has 0 saturated carbocycles. The lowest BCUT2D eigenvalue weighted by molar-refractivity contribution is -0.150. The van der Waals surface area contributed by atoms with Crippen LogP contribution in [0.2, 0.25) is 0 Å². The summed E-state index contributed by atoms with van der Waals surface area (Å²) in [5, 5.41) is 9.20. The van der Waals surface area contributed by atoms with E-state index in [1.807, 2.05) is 19.1 Å². The molecule has 4 nitrogen and oxygen atoms in total. The lowest BCUT2D eigenvalue weighted by Crippen LogP contribution is -2.26. The summed E-state index contributed by atoms with van der Waals surface area (Å²) < 4.78 is 10.3. The van der Waals surface area contributed by atoms with Gasteiger partial charge in [0.1, 0.15) is 5.75 Å². The molecule has 1 aromatic rings. The van der Waals surface area contributed by atoms with Gasteiger partial charge in [-0.15, -0.1) is 0 Å². The number of carbonyl (C=O) groups is 1. The van der Waals surface area contributed by atoms with Gasteiger partial charge in [-0.25, -0.2) is 4.79 Å². The van der Waals surface area contributed by atoms with Crippen molar-refractivity contribution in [2.24, 2.45) is 0 Å². The quantitative estimate of drug-likeness (QED) is 0.795. The molecule has 1 rings (SSSR count). The van der Waals surface area contributed by atoms with Crippen molar-refractivity contribution in [1.82, 2.24) is 0 Å². The largest absolute Gasteiger partial charge is 0.479 e. The Bertz CT molecular complexity index is 387. The van der Waals surface area contributed by atoms with Crippen LogP contribution in [0, 0.1) is 6.92 Å². The minimum absolute atomic E-state index is 0.118. The fourth-order valence-electron chi connectivity index (χ4n) is 1.44. The van der Waals surface area contributed by atoms with E-state index in [4.69, 9.17) is 9.47 Å². The highest BCUT2D eigenvalue weighted by Crippen LogP contribution is 2.21. The van der Waals surface area contributed by atoms with Crippen LogP contribution in [0.15, 0.2) is 18.2 Å². The van der Waals surface area contributed by atoms with E-state index in [0.29, 0.717) is 17.9 Å². The van der Waals surface area contributed by atoms with Crippen LogP contribution in [0.1, 0.15) is 25.0 Å². The number of rotatable bonds is 5. The molecule has 0 aliphatic carbocycles. The highest BCUT2D eigenvalue weighted by molar-refractivity contribution is 5.74. The fourth-order valence-corrected chi connectivity index (χ4v) is 1.44. The molecule has 17 heavy (non-hydrogen) atoms. The van der Waals surface area contributed by atoms with Crippen molar-refractivity contribution in [3.63, 3.8) is 0 Å². The van der Waals surface area contributed by atoms with Crippen LogP contribution < -0.4 is 4.74 Å². The molecule has 0 aliphatic heterocycles. The number of aryl methyl sites for hydroxylation is 1. The lowest BCUT2D eigenvalue weighted by atomic mass is 10.1. The molecule has 0 radical (unpaired) electrons. The standard InChI is InChI=1S/C13H18O4/c1-4-16-13(15)10(3)17-12-6-5-9(2)7-11(12)8-14/h5-7,10,14H,4,8H2,1-3H3. The number of esters is 1. The van der Waals surface area contributed by atoms with Gasteiger partial charge >= 0.3 is 5.97 Å². The van der Waals surface area contributed by atoms with Crippen molar-refractivity contribution >= 4 is 5.97 Å². The monoisotopic (exact) mass is 238 g/mol. The van der Waals surface area contributed by atoms with Crippen molar-refractivity contribution in [2.45, 2.75) is 33.5 Å². The molecular weight excluding hydrogens is 220 g/mol. The highest BCUT2D eigenvalue weighted by Gasteiger charge is 2.17. The maximum atomic E-state index is 11.4. The number of hydrogen-bond donors (Lipinski definition) is 1. The Labute approximate surface area is 101 Å². The average Bonchev–Trinajstić information content (AvgIpc) is 2.31. The Balaban J connectivity index is 2.77. The van der Waals surface area contributed by atoms with E-state index in [2.05, 4.69) is 0 Å². The van der Waals surface area contributed by atoms with E-state index < -0.39 is 12.1 Å². The molecule has 1 unspecified atom stereocenters. The van der Waals surface area contributed by atoms with Crippen LogP contribution in [0.25, 0.3) is 0 Å². The summed E-state index contributed by atoms with van der Waals surface area (Å²) in [5.74, 6) is 0.107. The van der Waals surface area contributed by atoms with E-state index in [0.717, 1.165) is 5.56 Å². The maximum Gasteiger partial charge on any atom is 0.347 e. The Hall–Kier alpha value is -1.55. The third kappa shape index (κ3) is 3.75. The first-order valence-corrected chi connectivity index (χ1v) is 5.62. The van der Waals surface area contributed by atoms with Gasteiger partial charge in [-0.3, -0.25) is 0 Å². The molecule has 0 heterocycles. The summed E-state index contributed by atoms with van der Waals surface area (Å²) in [7, 11) is 0. The molecule has 1 N–H and O–H groups in total. The second kappa shape index (κ2) is 6.25. The Kier molecular flexibility index (Phi) is 4.97. The third-order valence-corrected chi connectivity index (χ3v) is 2.31. The summed E-state index contributed by atoms with van der Waals surface area (Å²) in [6.07, 6.45) is -0.678. The van der Waals surface area contributed by atoms with Crippen LogP contribution in [0.4, 0.5) is 0 Å². The van der Waals surface area contributed by atoms with Crippen molar-refractivity contribution in [1.29, 1.82) is 0 Å². The minimum Gasteiger partial charge on any atom is -0.479 e. The zero-order chi connectivity index (χ0) is 12.8. The number of aliphatic hydroxyl groups excluding tert-OH is 1. The number of ether oxygens (including phenoxy) is 2. The molecule has 0 spiro atoms. The van der Waals surface area contributed by atoms with E-state index in [-0.39, 0.29) is 6.61 Å². The van der Waals surface area contributed by atoms with Crippen molar-refractivity contribution in [2.75, 3.05) is 6.61 Å². The molecule has 0 saturated heterocycles. The molecular formula is C13H18O4. The summed E-state index contributed by atoms with van der Waals surface area (Å²) in [5.41, 5.74) is 1.70. The van der Waals surface area contributed by atoms with Crippen molar-refractivity contribution in [3.8, 4) is 5.75 Å². The zero-order valence-electron chi connectivity index (χ0n) is 10.4. The van der Waals surface area contributed by atoms with Gasteiger partial charge in [0, 0.05) is 5.56 Å². The maximum absolute atomic E-state index is 11.4. The van der Waals surface area contributed by atoms with Gasteiger partial charge in [0.25, 0.3) is 0 Å². The third-order valence-electron chi connectivity index (χ3n) is 2.31. The van der Waals surface area contributed by atoms with Crippen LogP contribution in [0.5, 0.6) is 5.75 Å². The van der Waals surface area contributed by atoms with Gasteiger partial charge in [-0.2, -0.15) is 0 Å². The second-order valence-electron chi connectivity index (χ2n) is 3.78. The molecule has 94 valence electrons. The van der Waals surface area contributed by atoms with E-state index in [1.54, 1.807) is 19.9 Å². The lowest BCUT2D eigenvalue weighted by Gasteiger charge is -2.15. The number of carbonyl (C=O) groups excluding carboxylic acids is 1. The van der Waals surface area contributed by atoms with E-state index in [1.165, 1.54) is 0 Å². The summed E-state index contributed by atoms with van der Waals surface area (Å²) in [6.45, 7) is 5.51. The first-order chi connectivity index (χ1) is 8.08. The molecule has 0 fully saturated rings. The fraction of sp³-hybridized carbons (Fsp3) is 0.462. The molecule has 1 aromatic carbocycles. The van der Waals surface area contributed by atoms with Crippen LogP contribution in [-0.4, -0.2) is 23.8 Å². The highest BCUT2D eigenvalue weighted by atomic mass is 16.6. The van der Waals surface area contributed by atoms with E-state index in [9.17, 15) is 9.90 Å². The number of benzene rings is 1. The predicted molar refractivity (Wildman–Crippen MR) is 63.8 cm³/mol. The Morgan fingerprint density at radius 1 is 1.47 bits per heavy atom. The first kappa shape index (κ1) is 13.5. The molecule has 0 amide bonds. The summed E-state index contributed by atoms with van der Waals surface area (Å²) >= 11 is 0. The molecule has 0 bridgehead atoms. The average molecular weight is 238 g/mol. The van der Waals surface area contributed by atoms with Gasteiger partial charge < -0.3 is 14.6 Å². The smallest absolute Gasteiger partial charge is 0.347 e. The molecule has 0 aromatic heterocycles. The Morgan fingerprint density at radius 2 is 2.18 bits per heavy atom. The van der Waals surface area contributed by atoms with E-state index >= 15 is 0 Å². The molecule has 4 heteroatoms. The minimum atomic E-state index is -0.678. The van der Waals surface area contributed by atoms with Crippen molar-refractivity contribution in [3.05, 3.63) is 29.3 Å². The van der Waals surface area contributed by atoms with Crippen LogP contribution >= 0.6 is 0 Å². The number of hydrogen-bond acceptors (Lipinski definition) is 4. The van der Waals surface area contributed by atoms with Crippen LogP contribution in [-0.2, 0) is 16.1 Å². The van der Waals surface area contributed by atoms with Gasteiger partial charge in [0.15, 0.2) is 6.10 Å². The summed E-state index contributed by atoms with van der Waals surface area (Å²) in [4.78, 5) is 11.4. The second-order valence-corrected chi connectivity index (χ2v) is 3.78.